The van der Waals surface area contributed by atoms with E-state index in [0.29, 0.717) is 29.4 Å². The van der Waals surface area contributed by atoms with Crippen LogP contribution in [0.2, 0.25) is 0 Å². The minimum absolute atomic E-state index is 0.00344. The molecule has 1 aliphatic rings. The fourth-order valence-corrected chi connectivity index (χ4v) is 2.61. The Kier molecular flexibility index (Phi) is 3.94. The van der Waals surface area contributed by atoms with Gasteiger partial charge >= 0.3 is 0 Å². The second-order valence-electron chi connectivity index (χ2n) is 5.66. The molecule has 1 aromatic carbocycles. The van der Waals surface area contributed by atoms with Crippen molar-refractivity contribution in [2.75, 3.05) is 6.54 Å². The Labute approximate surface area is 128 Å². The molecule has 22 heavy (non-hydrogen) atoms. The van der Waals surface area contributed by atoms with Crippen LogP contribution in [0.4, 0.5) is 4.39 Å². The van der Waals surface area contributed by atoms with Crippen LogP contribution in [0, 0.1) is 18.7 Å². The van der Waals surface area contributed by atoms with Crippen LogP contribution in [-0.4, -0.2) is 28.3 Å². The van der Waals surface area contributed by atoms with E-state index < -0.39 is 0 Å². The third-order valence-corrected chi connectivity index (χ3v) is 4.10. The van der Waals surface area contributed by atoms with Crippen molar-refractivity contribution in [3.8, 4) is 5.69 Å². The lowest BCUT2D eigenvalue weighted by atomic mass is 10.1. The largest absolute Gasteiger partial charge is 0.348 e. The second kappa shape index (κ2) is 5.88. The van der Waals surface area contributed by atoms with Gasteiger partial charge in [-0.3, -0.25) is 4.79 Å². The summed E-state index contributed by atoms with van der Waals surface area (Å²) in [5.41, 5.74) is 7.09. The number of carbonyl (C=O) groups excluding carboxylic acids is 1. The Hall–Kier alpha value is -2.21. The number of para-hydroxylation sites is 1. The predicted molar refractivity (Wildman–Crippen MR) is 81.3 cm³/mol. The van der Waals surface area contributed by atoms with Crippen molar-refractivity contribution in [1.29, 1.82) is 0 Å². The second-order valence-corrected chi connectivity index (χ2v) is 5.66. The van der Waals surface area contributed by atoms with Gasteiger partial charge < -0.3 is 11.1 Å². The summed E-state index contributed by atoms with van der Waals surface area (Å²) >= 11 is 0. The molecular weight excluding hydrogens is 283 g/mol. The lowest BCUT2D eigenvalue weighted by Crippen LogP contribution is -2.41. The molecule has 1 atom stereocenters. The highest BCUT2D eigenvalue weighted by Gasteiger charge is 2.32. The van der Waals surface area contributed by atoms with Gasteiger partial charge in [0.05, 0.1) is 17.5 Å². The molecule has 0 saturated heterocycles. The average molecular weight is 302 g/mol. The number of nitrogens with two attached hydrogens (primary N) is 1. The highest BCUT2D eigenvalue weighted by Crippen LogP contribution is 2.32. The number of nitrogens with zero attached hydrogens (tertiary/aromatic N) is 2. The van der Waals surface area contributed by atoms with E-state index in [1.54, 1.807) is 25.1 Å². The molecule has 3 N–H and O–H groups in total. The number of halogens is 1. The molecule has 116 valence electrons. The topological polar surface area (TPSA) is 72.9 Å². The molecular formula is C16H19FN4O. The van der Waals surface area contributed by atoms with Crippen LogP contribution in [0.5, 0.6) is 0 Å². The van der Waals surface area contributed by atoms with Crippen LogP contribution < -0.4 is 11.1 Å². The summed E-state index contributed by atoms with van der Waals surface area (Å²) in [6.07, 6.45) is 3.68. The number of hydrogen-bond donors (Lipinski definition) is 2. The fourth-order valence-electron chi connectivity index (χ4n) is 2.61. The molecule has 3 rings (SSSR count). The minimum Gasteiger partial charge on any atom is -0.348 e. The fraction of sp³-hybridized carbons (Fsp3) is 0.375. The normalized spacial score (nSPS) is 15.6. The molecule has 0 aliphatic heterocycles. The molecule has 2 aromatic rings. The smallest absolute Gasteiger partial charge is 0.255 e. The van der Waals surface area contributed by atoms with Crippen molar-refractivity contribution in [1.82, 2.24) is 15.1 Å². The van der Waals surface area contributed by atoms with Crippen LogP contribution in [0.25, 0.3) is 5.69 Å². The average Bonchev–Trinajstić information content (AvgIpc) is 3.28. The van der Waals surface area contributed by atoms with E-state index >= 15 is 0 Å². The first-order chi connectivity index (χ1) is 10.6. The van der Waals surface area contributed by atoms with Crippen molar-refractivity contribution in [2.24, 2.45) is 11.7 Å². The molecule has 0 spiro atoms. The van der Waals surface area contributed by atoms with Gasteiger partial charge in [0, 0.05) is 12.6 Å². The van der Waals surface area contributed by atoms with E-state index in [-0.39, 0.29) is 17.8 Å². The van der Waals surface area contributed by atoms with Crippen LogP contribution in [0.3, 0.4) is 0 Å². The van der Waals surface area contributed by atoms with Gasteiger partial charge in [0.25, 0.3) is 5.91 Å². The monoisotopic (exact) mass is 302 g/mol. The summed E-state index contributed by atoms with van der Waals surface area (Å²) in [6, 6.07) is 6.35. The third-order valence-electron chi connectivity index (χ3n) is 4.10. The summed E-state index contributed by atoms with van der Waals surface area (Å²) in [6.45, 7) is 2.18. The van der Waals surface area contributed by atoms with Gasteiger partial charge in [0.2, 0.25) is 0 Å². The van der Waals surface area contributed by atoms with Gasteiger partial charge in [-0.15, -0.1) is 0 Å². The van der Waals surface area contributed by atoms with Crippen LogP contribution in [0.15, 0.2) is 30.5 Å². The number of rotatable bonds is 5. The third kappa shape index (κ3) is 2.74. The van der Waals surface area contributed by atoms with Gasteiger partial charge in [-0.2, -0.15) is 5.10 Å². The Morgan fingerprint density at radius 3 is 2.86 bits per heavy atom. The maximum Gasteiger partial charge on any atom is 0.255 e. The van der Waals surface area contributed by atoms with Crippen molar-refractivity contribution in [3.05, 3.63) is 47.5 Å². The maximum absolute atomic E-state index is 13.9. The predicted octanol–water partition coefficient (Wildman–Crippen LogP) is 1.79. The number of aromatic nitrogens is 2. The first kappa shape index (κ1) is 14.7. The van der Waals surface area contributed by atoms with Gasteiger partial charge in [0.15, 0.2) is 0 Å². The van der Waals surface area contributed by atoms with Gasteiger partial charge in [-0.1, -0.05) is 12.1 Å². The molecule has 1 aliphatic carbocycles. The molecule has 1 fully saturated rings. The lowest BCUT2D eigenvalue weighted by Gasteiger charge is -2.15. The van der Waals surface area contributed by atoms with Gasteiger partial charge in [-0.25, -0.2) is 9.07 Å². The molecule has 1 aromatic heterocycles. The summed E-state index contributed by atoms with van der Waals surface area (Å²) in [5, 5.41) is 7.10. The van der Waals surface area contributed by atoms with E-state index in [1.807, 2.05) is 0 Å². The number of carbonyl (C=O) groups is 1. The zero-order valence-corrected chi connectivity index (χ0v) is 12.4. The van der Waals surface area contributed by atoms with Gasteiger partial charge in [0.1, 0.15) is 11.5 Å². The Bertz CT molecular complexity index is 693. The Balaban J connectivity index is 1.84. The minimum atomic E-state index is -0.376. The first-order valence-electron chi connectivity index (χ1n) is 7.42. The molecule has 1 saturated carbocycles. The number of hydrogen-bond acceptors (Lipinski definition) is 3. The molecule has 6 heteroatoms. The molecule has 1 unspecified atom stereocenters. The summed E-state index contributed by atoms with van der Waals surface area (Å²) < 4.78 is 15.3. The standard InChI is InChI=1S/C16H19FN4O/c1-10-12(16(22)20-14(8-18)11-6-7-11)9-19-21(10)15-5-3-2-4-13(15)17/h2-5,9,11,14H,6-8,18H2,1H3,(H,20,22). The molecule has 0 bridgehead atoms. The van der Waals surface area contributed by atoms with E-state index in [0.717, 1.165) is 12.8 Å². The molecule has 0 radical (unpaired) electrons. The highest BCUT2D eigenvalue weighted by atomic mass is 19.1. The van der Waals surface area contributed by atoms with Crippen molar-refractivity contribution in [3.63, 3.8) is 0 Å². The van der Waals surface area contributed by atoms with Crippen LogP contribution in [-0.2, 0) is 0 Å². The van der Waals surface area contributed by atoms with Crippen molar-refractivity contribution >= 4 is 5.91 Å². The Morgan fingerprint density at radius 2 is 2.23 bits per heavy atom. The van der Waals surface area contributed by atoms with Crippen molar-refractivity contribution < 1.29 is 9.18 Å². The Morgan fingerprint density at radius 1 is 1.50 bits per heavy atom. The number of amides is 1. The van der Waals surface area contributed by atoms with E-state index in [2.05, 4.69) is 10.4 Å². The lowest BCUT2D eigenvalue weighted by molar-refractivity contribution is 0.0933. The SMILES string of the molecule is Cc1c(C(=O)NC(CN)C2CC2)cnn1-c1ccccc1F. The maximum atomic E-state index is 13.9. The first-order valence-corrected chi connectivity index (χ1v) is 7.42. The van der Waals surface area contributed by atoms with E-state index in [4.69, 9.17) is 5.73 Å². The van der Waals surface area contributed by atoms with Gasteiger partial charge in [-0.05, 0) is 37.8 Å². The van der Waals surface area contributed by atoms with E-state index in [1.165, 1.54) is 16.9 Å². The molecule has 1 heterocycles. The van der Waals surface area contributed by atoms with Crippen LogP contribution >= 0.6 is 0 Å². The quantitative estimate of drug-likeness (QED) is 0.884. The zero-order chi connectivity index (χ0) is 15.7. The molecule has 5 nitrogen and oxygen atoms in total. The summed E-state index contributed by atoms with van der Waals surface area (Å²) in [4.78, 5) is 12.4. The van der Waals surface area contributed by atoms with Crippen molar-refractivity contribution in [2.45, 2.75) is 25.8 Å². The summed E-state index contributed by atoms with van der Waals surface area (Å²) in [7, 11) is 0. The van der Waals surface area contributed by atoms with E-state index in [9.17, 15) is 9.18 Å². The highest BCUT2D eigenvalue weighted by molar-refractivity contribution is 5.95. The molecule has 1 amide bonds. The number of nitrogens with one attached hydrogen (secondary N) is 1. The van der Waals surface area contributed by atoms with Crippen LogP contribution in [0.1, 0.15) is 28.9 Å². The number of benzene rings is 1. The zero-order valence-electron chi connectivity index (χ0n) is 12.4. The summed E-state index contributed by atoms with van der Waals surface area (Å²) in [5.74, 6) is -0.100.